The lowest BCUT2D eigenvalue weighted by Crippen LogP contribution is -2.48. The number of rotatable bonds is 8. The fourth-order valence-electron chi connectivity index (χ4n) is 8.02. The van der Waals surface area contributed by atoms with Crippen molar-refractivity contribution in [1.82, 2.24) is 4.98 Å². The van der Waals surface area contributed by atoms with E-state index in [2.05, 4.69) is 34.0 Å². The summed E-state index contributed by atoms with van der Waals surface area (Å²) in [6.07, 6.45) is 8.02. The van der Waals surface area contributed by atoms with E-state index in [0.29, 0.717) is 11.0 Å². The van der Waals surface area contributed by atoms with Crippen molar-refractivity contribution in [3.05, 3.63) is 82.7 Å². The predicted molar refractivity (Wildman–Crippen MR) is 164 cm³/mol. The van der Waals surface area contributed by atoms with Crippen LogP contribution in [0.25, 0.3) is 21.7 Å². The molecule has 4 bridgehead atoms. The molecule has 0 saturated heterocycles. The smallest absolute Gasteiger partial charge is 0.338 e. The Bertz CT molecular complexity index is 1850. The highest BCUT2D eigenvalue weighted by atomic mass is 32.2. The Kier molecular flexibility index (Phi) is 7.00. The number of thiazole rings is 1. The zero-order valence-corrected chi connectivity index (χ0v) is 25.5. The van der Waals surface area contributed by atoms with E-state index in [1.807, 2.05) is 0 Å². The fourth-order valence-corrected chi connectivity index (χ4v) is 10.2. The van der Waals surface area contributed by atoms with E-state index >= 15 is 4.39 Å². The van der Waals surface area contributed by atoms with Gasteiger partial charge in [-0.05, 0) is 96.6 Å². The Labute approximate surface area is 258 Å². The van der Waals surface area contributed by atoms with Gasteiger partial charge in [0.15, 0.2) is 5.03 Å². The maximum Gasteiger partial charge on any atom is 0.338 e. The number of benzene rings is 3. The number of halogens is 2. The molecular formula is C33H30F2N2O5S2. The van der Waals surface area contributed by atoms with Gasteiger partial charge in [0, 0.05) is 17.0 Å². The van der Waals surface area contributed by atoms with Gasteiger partial charge in [0.25, 0.3) is 10.0 Å². The van der Waals surface area contributed by atoms with Crippen LogP contribution in [-0.2, 0) is 15.4 Å². The molecule has 11 heteroatoms. The number of anilines is 1. The molecule has 4 saturated carbocycles. The van der Waals surface area contributed by atoms with E-state index in [4.69, 9.17) is 9.84 Å². The lowest BCUT2D eigenvalue weighted by atomic mass is 9.48. The second kappa shape index (κ2) is 10.7. The van der Waals surface area contributed by atoms with Crippen molar-refractivity contribution in [1.29, 1.82) is 0 Å². The van der Waals surface area contributed by atoms with Crippen molar-refractivity contribution < 1.29 is 31.8 Å². The SMILES string of the molecule is COc1cc(C(=O)O)c(F)cc1NS(=O)(=O)c1csc(-c2ccc(-c3ccc(C45CC6CC(CC(C6)C4)C5)cc3)cc2F)n1. The van der Waals surface area contributed by atoms with Gasteiger partial charge in [-0.2, -0.15) is 8.42 Å². The van der Waals surface area contributed by atoms with E-state index in [0.717, 1.165) is 46.8 Å². The normalized spacial score (nSPS) is 23.9. The molecule has 7 nitrogen and oxygen atoms in total. The van der Waals surface area contributed by atoms with E-state index in [1.165, 1.54) is 62.6 Å². The van der Waals surface area contributed by atoms with Gasteiger partial charge in [-0.1, -0.05) is 30.3 Å². The lowest BCUT2D eigenvalue weighted by molar-refractivity contribution is -0.00518. The lowest BCUT2D eigenvalue weighted by Gasteiger charge is -2.57. The summed E-state index contributed by atoms with van der Waals surface area (Å²) in [4.78, 5) is 15.4. The average Bonchev–Trinajstić information content (AvgIpc) is 3.48. The molecule has 0 spiro atoms. The van der Waals surface area contributed by atoms with Crippen molar-refractivity contribution in [3.63, 3.8) is 0 Å². The zero-order chi connectivity index (χ0) is 30.8. The van der Waals surface area contributed by atoms with Crippen molar-refractivity contribution in [2.45, 2.75) is 49.0 Å². The number of ether oxygens (including phenoxy) is 1. The molecule has 1 heterocycles. The molecule has 0 atom stereocenters. The summed E-state index contributed by atoms with van der Waals surface area (Å²) in [7, 11) is -3.14. The molecule has 2 N–H and O–H groups in total. The zero-order valence-electron chi connectivity index (χ0n) is 23.8. The number of nitrogens with one attached hydrogen (secondary N) is 1. The van der Waals surface area contributed by atoms with Gasteiger partial charge in [0.05, 0.1) is 18.4 Å². The largest absolute Gasteiger partial charge is 0.495 e. The molecule has 44 heavy (non-hydrogen) atoms. The molecule has 0 aliphatic heterocycles. The van der Waals surface area contributed by atoms with Gasteiger partial charge >= 0.3 is 5.97 Å². The van der Waals surface area contributed by atoms with E-state index in [-0.39, 0.29) is 22.0 Å². The Balaban J connectivity index is 1.10. The summed E-state index contributed by atoms with van der Waals surface area (Å²) in [5, 5.41) is 10.1. The number of aromatic nitrogens is 1. The topological polar surface area (TPSA) is 106 Å². The minimum Gasteiger partial charge on any atom is -0.495 e. The first kappa shape index (κ1) is 28.9. The first-order chi connectivity index (χ1) is 21.0. The van der Waals surface area contributed by atoms with Crippen LogP contribution in [0, 0.1) is 29.4 Å². The molecule has 0 amide bonds. The summed E-state index contributed by atoms with van der Waals surface area (Å²) >= 11 is 0.951. The third-order valence-corrected chi connectivity index (χ3v) is 11.9. The number of carboxylic acids is 1. The summed E-state index contributed by atoms with van der Waals surface area (Å²) in [6.45, 7) is 0. The van der Waals surface area contributed by atoms with Gasteiger partial charge < -0.3 is 9.84 Å². The standard InChI is InChI=1S/C33H30F2N2O5S2/c1-42-29-12-25(32(38)39)27(35)13-28(29)37-44(40,41)30-17-43-31(36-30)24-7-4-22(11-26(24)34)21-2-5-23(6-3-21)33-14-18-8-19(15-33)10-20(9-18)16-33/h2-7,11-13,17-20,37H,8-10,14-16H2,1H3,(H,38,39). The number of nitrogens with zero attached hydrogens (tertiary/aromatic N) is 1. The molecule has 8 rings (SSSR count). The number of hydrogen-bond acceptors (Lipinski definition) is 6. The number of hydrogen-bond donors (Lipinski definition) is 2. The molecule has 4 aliphatic rings. The Morgan fingerprint density at radius 3 is 2.18 bits per heavy atom. The maximum absolute atomic E-state index is 15.4. The number of carbonyl (C=O) groups is 1. The second-order valence-corrected chi connectivity index (χ2v) is 14.9. The van der Waals surface area contributed by atoms with E-state index < -0.39 is 38.2 Å². The molecule has 4 aromatic rings. The van der Waals surface area contributed by atoms with Gasteiger partial charge in [-0.3, -0.25) is 4.72 Å². The van der Waals surface area contributed by atoms with Gasteiger partial charge in [-0.25, -0.2) is 18.6 Å². The molecule has 3 aromatic carbocycles. The first-order valence-corrected chi connectivity index (χ1v) is 16.9. The van der Waals surface area contributed by atoms with Gasteiger partial charge in [0.1, 0.15) is 22.4 Å². The number of carboxylic acid groups (broad SMARTS) is 1. The molecule has 4 aliphatic carbocycles. The summed E-state index contributed by atoms with van der Waals surface area (Å²) < 4.78 is 63.0. The van der Waals surface area contributed by atoms with Crippen LogP contribution in [0.3, 0.4) is 0 Å². The highest BCUT2D eigenvalue weighted by molar-refractivity contribution is 7.92. The number of aromatic carboxylic acids is 1. The van der Waals surface area contributed by atoms with E-state index in [9.17, 15) is 17.6 Å². The monoisotopic (exact) mass is 636 g/mol. The van der Waals surface area contributed by atoms with Crippen LogP contribution in [0.1, 0.15) is 54.4 Å². The third-order valence-electron chi connectivity index (χ3n) is 9.59. The van der Waals surface area contributed by atoms with Crippen LogP contribution in [-0.4, -0.2) is 31.6 Å². The molecular weight excluding hydrogens is 607 g/mol. The van der Waals surface area contributed by atoms with Crippen molar-refractivity contribution in [2.24, 2.45) is 17.8 Å². The molecule has 0 radical (unpaired) electrons. The Hall–Kier alpha value is -3.83. The van der Waals surface area contributed by atoms with Crippen molar-refractivity contribution in [3.8, 4) is 27.4 Å². The molecule has 4 fully saturated rings. The van der Waals surface area contributed by atoms with Crippen LogP contribution in [0.4, 0.5) is 14.5 Å². The van der Waals surface area contributed by atoms with Crippen LogP contribution in [0.15, 0.2) is 65.0 Å². The minimum atomic E-state index is -4.34. The van der Waals surface area contributed by atoms with Crippen LogP contribution in [0.5, 0.6) is 5.75 Å². The average molecular weight is 637 g/mol. The van der Waals surface area contributed by atoms with Crippen molar-refractivity contribution >= 4 is 33.0 Å². The summed E-state index contributed by atoms with van der Waals surface area (Å²) in [6, 6.07) is 15.0. The molecule has 228 valence electrons. The van der Waals surface area contributed by atoms with Crippen molar-refractivity contribution in [2.75, 3.05) is 11.8 Å². The van der Waals surface area contributed by atoms with Crippen LogP contribution >= 0.6 is 11.3 Å². The molecule has 0 unspecified atom stereocenters. The maximum atomic E-state index is 15.4. The minimum absolute atomic E-state index is 0.153. The second-order valence-electron chi connectivity index (χ2n) is 12.4. The highest BCUT2D eigenvalue weighted by Crippen LogP contribution is 2.60. The van der Waals surface area contributed by atoms with Crippen LogP contribution in [0.2, 0.25) is 0 Å². The van der Waals surface area contributed by atoms with Gasteiger partial charge in [-0.15, -0.1) is 11.3 Å². The highest BCUT2D eigenvalue weighted by Gasteiger charge is 2.51. The summed E-state index contributed by atoms with van der Waals surface area (Å²) in [5.74, 6) is -0.813. The number of sulfonamides is 1. The number of methoxy groups -OCH3 is 1. The third kappa shape index (κ3) is 5.05. The predicted octanol–water partition coefficient (Wildman–Crippen LogP) is 7.73. The quantitative estimate of drug-likeness (QED) is 0.205. The van der Waals surface area contributed by atoms with Gasteiger partial charge in [0.2, 0.25) is 0 Å². The Morgan fingerprint density at radius 1 is 0.955 bits per heavy atom. The Morgan fingerprint density at radius 2 is 1.59 bits per heavy atom. The van der Waals surface area contributed by atoms with Crippen LogP contribution < -0.4 is 9.46 Å². The summed E-state index contributed by atoms with van der Waals surface area (Å²) in [5.41, 5.74) is 2.51. The molecule has 1 aromatic heterocycles. The van der Waals surface area contributed by atoms with E-state index in [1.54, 1.807) is 12.1 Å². The fraction of sp³-hybridized carbons (Fsp3) is 0.333. The first-order valence-electron chi connectivity index (χ1n) is 14.5.